The van der Waals surface area contributed by atoms with Crippen LogP contribution in [0.25, 0.3) is 10.8 Å². The van der Waals surface area contributed by atoms with Gasteiger partial charge in [0.1, 0.15) is 5.69 Å². The first-order valence-electron chi connectivity index (χ1n) is 11.3. The topological polar surface area (TPSA) is 65.5 Å². The fraction of sp³-hybridized carbons (Fsp3) is 0.417. The van der Waals surface area contributed by atoms with Gasteiger partial charge in [0.15, 0.2) is 11.6 Å². The van der Waals surface area contributed by atoms with Gasteiger partial charge in [-0.1, -0.05) is 37.1 Å². The van der Waals surface area contributed by atoms with Crippen LogP contribution in [-0.2, 0) is 0 Å². The minimum atomic E-state index is -0.000884. The maximum atomic E-state index is 13.1. The number of piperazine rings is 1. The average molecular weight is 417 g/mol. The highest BCUT2D eigenvalue weighted by Gasteiger charge is 2.25. The summed E-state index contributed by atoms with van der Waals surface area (Å²) < 4.78 is 0. The highest BCUT2D eigenvalue weighted by Crippen LogP contribution is 2.21. The number of pyridine rings is 1. The molecule has 1 aromatic carbocycles. The molecule has 3 aromatic rings. The van der Waals surface area contributed by atoms with Gasteiger partial charge >= 0.3 is 0 Å². The fourth-order valence-corrected chi connectivity index (χ4v) is 4.53. The molecule has 2 fully saturated rings. The van der Waals surface area contributed by atoms with Crippen molar-refractivity contribution in [2.75, 3.05) is 49.1 Å². The van der Waals surface area contributed by atoms with Crippen LogP contribution < -0.4 is 9.80 Å². The maximum absolute atomic E-state index is 13.1. The number of carbonyl (C=O) groups excluding carboxylic acids is 1. The lowest BCUT2D eigenvalue weighted by molar-refractivity contribution is 0.0743. The third-order valence-corrected chi connectivity index (χ3v) is 6.33. The molecule has 7 nitrogen and oxygen atoms in total. The second kappa shape index (κ2) is 8.88. The number of rotatable bonds is 3. The molecule has 2 aliphatic heterocycles. The molecule has 1 amide bonds. The van der Waals surface area contributed by atoms with Crippen LogP contribution in [0.4, 0.5) is 11.6 Å². The average Bonchev–Trinajstić information content (AvgIpc) is 3.13. The van der Waals surface area contributed by atoms with E-state index in [0.717, 1.165) is 48.6 Å². The van der Waals surface area contributed by atoms with Crippen molar-refractivity contribution in [3.05, 3.63) is 54.4 Å². The van der Waals surface area contributed by atoms with Crippen molar-refractivity contribution in [1.29, 1.82) is 0 Å². The monoisotopic (exact) mass is 416 g/mol. The van der Waals surface area contributed by atoms with Crippen LogP contribution in [0.15, 0.2) is 48.7 Å². The zero-order valence-corrected chi connectivity index (χ0v) is 17.8. The predicted octanol–water partition coefficient (Wildman–Crippen LogP) is 3.37. The number of anilines is 2. The standard InChI is InChI=1S/C24H28N6O/c31-24(23-20-8-4-3-7-19(20)11-12-25-23)30-17-15-29(16-18-30)22-10-9-21(26-27-22)28-13-5-1-2-6-14-28/h3-4,7-12H,1-2,5-6,13-18H2. The smallest absolute Gasteiger partial charge is 0.273 e. The van der Waals surface area contributed by atoms with Gasteiger partial charge in [-0.25, -0.2) is 0 Å². The lowest BCUT2D eigenvalue weighted by atomic mass is 10.1. The van der Waals surface area contributed by atoms with Crippen LogP contribution in [0.3, 0.4) is 0 Å². The number of fused-ring (bicyclic) bond motifs is 1. The first kappa shape index (κ1) is 19.7. The van der Waals surface area contributed by atoms with E-state index < -0.39 is 0 Å². The van der Waals surface area contributed by atoms with Gasteiger partial charge in [0.05, 0.1) is 0 Å². The number of aromatic nitrogens is 3. The molecule has 0 atom stereocenters. The van der Waals surface area contributed by atoms with E-state index in [1.54, 1.807) is 6.20 Å². The Morgan fingerprint density at radius 2 is 1.35 bits per heavy atom. The summed E-state index contributed by atoms with van der Waals surface area (Å²) in [5.74, 6) is 1.86. The molecule has 0 unspecified atom stereocenters. The zero-order valence-electron chi connectivity index (χ0n) is 17.8. The van der Waals surface area contributed by atoms with E-state index in [1.807, 2.05) is 35.2 Å². The van der Waals surface area contributed by atoms with Crippen molar-refractivity contribution < 1.29 is 4.79 Å². The third-order valence-electron chi connectivity index (χ3n) is 6.33. The summed E-state index contributed by atoms with van der Waals surface area (Å²) in [6.07, 6.45) is 6.78. The van der Waals surface area contributed by atoms with E-state index in [-0.39, 0.29) is 5.91 Å². The van der Waals surface area contributed by atoms with Crippen molar-refractivity contribution >= 4 is 28.3 Å². The Morgan fingerprint density at radius 3 is 2.03 bits per heavy atom. The summed E-state index contributed by atoms with van der Waals surface area (Å²) in [6.45, 7) is 4.93. The summed E-state index contributed by atoms with van der Waals surface area (Å²) in [5.41, 5.74) is 0.535. The Labute approximate surface area is 182 Å². The largest absolute Gasteiger partial charge is 0.355 e. The predicted molar refractivity (Wildman–Crippen MR) is 123 cm³/mol. The van der Waals surface area contributed by atoms with Crippen LogP contribution >= 0.6 is 0 Å². The van der Waals surface area contributed by atoms with Crippen molar-refractivity contribution in [2.24, 2.45) is 0 Å². The van der Waals surface area contributed by atoms with E-state index in [0.29, 0.717) is 18.8 Å². The Bertz CT molecular complexity index is 1030. The lowest BCUT2D eigenvalue weighted by Gasteiger charge is -2.35. The molecule has 0 bridgehead atoms. The third kappa shape index (κ3) is 4.17. The highest BCUT2D eigenvalue weighted by atomic mass is 16.2. The molecule has 4 heterocycles. The van der Waals surface area contributed by atoms with E-state index in [9.17, 15) is 4.79 Å². The number of hydrogen-bond donors (Lipinski definition) is 0. The molecule has 2 aromatic heterocycles. The van der Waals surface area contributed by atoms with Crippen molar-refractivity contribution in [2.45, 2.75) is 25.7 Å². The van der Waals surface area contributed by atoms with E-state index in [4.69, 9.17) is 0 Å². The first-order valence-corrected chi connectivity index (χ1v) is 11.3. The molecular formula is C24H28N6O. The molecule has 160 valence electrons. The molecule has 2 saturated heterocycles. The molecule has 0 radical (unpaired) electrons. The summed E-state index contributed by atoms with van der Waals surface area (Å²) in [4.78, 5) is 24.0. The summed E-state index contributed by atoms with van der Waals surface area (Å²) >= 11 is 0. The zero-order chi connectivity index (χ0) is 21.0. The van der Waals surface area contributed by atoms with Gasteiger partial charge in [-0.2, -0.15) is 0 Å². The van der Waals surface area contributed by atoms with E-state index in [2.05, 4.69) is 37.1 Å². The van der Waals surface area contributed by atoms with Crippen molar-refractivity contribution in [1.82, 2.24) is 20.1 Å². The molecule has 0 saturated carbocycles. The summed E-state index contributed by atoms with van der Waals surface area (Å²) in [5, 5.41) is 10.9. The summed E-state index contributed by atoms with van der Waals surface area (Å²) in [6, 6.07) is 14.0. The first-order chi connectivity index (χ1) is 15.3. The number of amides is 1. The highest BCUT2D eigenvalue weighted by molar-refractivity contribution is 6.05. The Hall–Kier alpha value is -3.22. The fourth-order valence-electron chi connectivity index (χ4n) is 4.53. The van der Waals surface area contributed by atoms with Crippen LogP contribution in [0.2, 0.25) is 0 Å². The Balaban J connectivity index is 1.23. The van der Waals surface area contributed by atoms with Gasteiger partial charge in [0.25, 0.3) is 5.91 Å². The molecular weight excluding hydrogens is 388 g/mol. The quantitative estimate of drug-likeness (QED) is 0.652. The van der Waals surface area contributed by atoms with Crippen LogP contribution in [0.5, 0.6) is 0 Å². The molecule has 0 N–H and O–H groups in total. The number of nitrogens with zero attached hydrogens (tertiary/aromatic N) is 6. The van der Waals surface area contributed by atoms with Crippen molar-refractivity contribution in [3.8, 4) is 0 Å². The Kier molecular flexibility index (Phi) is 5.65. The van der Waals surface area contributed by atoms with E-state index >= 15 is 0 Å². The number of carbonyl (C=O) groups is 1. The van der Waals surface area contributed by atoms with Gasteiger partial charge in [-0.15, -0.1) is 10.2 Å². The molecule has 0 aliphatic carbocycles. The van der Waals surface area contributed by atoms with Crippen LogP contribution in [0, 0.1) is 0 Å². The SMILES string of the molecule is O=C(c1nccc2ccccc12)N1CCN(c2ccc(N3CCCCCC3)nn2)CC1. The molecule has 5 rings (SSSR count). The van der Waals surface area contributed by atoms with Crippen molar-refractivity contribution in [3.63, 3.8) is 0 Å². The minimum Gasteiger partial charge on any atom is -0.355 e. The van der Waals surface area contributed by atoms with Gasteiger partial charge in [0, 0.05) is 50.9 Å². The minimum absolute atomic E-state index is 0.000884. The van der Waals surface area contributed by atoms with Crippen LogP contribution in [-0.4, -0.2) is 65.3 Å². The number of benzene rings is 1. The van der Waals surface area contributed by atoms with Gasteiger partial charge in [-0.3, -0.25) is 9.78 Å². The molecule has 2 aliphatic rings. The van der Waals surface area contributed by atoms with E-state index in [1.165, 1.54) is 25.7 Å². The number of hydrogen-bond acceptors (Lipinski definition) is 6. The second-order valence-corrected chi connectivity index (χ2v) is 8.31. The Morgan fingerprint density at radius 1 is 0.710 bits per heavy atom. The molecule has 0 spiro atoms. The summed E-state index contributed by atoms with van der Waals surface area (Å²) in [7, 11) is 0. The van der Waals surface area contributed by atoms with Crippen LogP contribution in [0.1, 0.15) is 36.2 Å². The molecule has 31 heavy (non-hydrogen) atoms. The maximum Gasteiger partial charge on any atom is 0.273 e. The van der Waals surface area contributed by atoms with Gasteiger partial charge in [0.2, 0.25) is 0 Å². The van der Waals surface area contributed by atoms with Gasteiger partial charge < -0.3 is 14.7 Å². The second-order valence-electron chi connectivity index (χ2n) is 8.31. The lowest BCUT2D eigenvalue weighted by Crippen LogP contribution is -2.49. The van der Waals surface area contributed by atoms with Gasteiger partial charge in [-0.05, 0) is 36.4 Å². The molecule has 7 heteroatoms. The normalized spacial score (nSPS) is 17.6.